The van der Waals surface area contributed by atoms with Gasteiger partial charge in [-0.25, -0.2) is 8.42 Å². The standard InChI is InChI=1S/C13H16ClNO5S/c14-10-3-1-2-4-11(10)21(19,20)15-7-5-13(9-16,6-8-15)12(17)18/h1-4,16H,5-9H2,(H,17,18). The van der Waals surface area contributed by atoms with E-state index in [1.165, 1.54) is 16.4 Å². The molecular weight excluding hydrogens is 318 g/mol. The number of carbonyl (C=O) groups is 1. The number of piperidine rings is 1. The summed E-state index contributed by atoms with van der Waals surface area (Å²) < 4.78 is 26.2. The molecule has 2 rings (SSSR count). The molecular formula is C13H16ClNO5S. The Bertz CT molecular complexity index is 638. The molecule has 0 radical (unpaired) electrons. The van der Waals surface area contributed by atoms with E-state index in [1.54, 1.807) is 12.1 Å². The smallest absolute Gasteiger partial charge is 0.312 e. The normalized spacial score (nSPS) is 19.3. The molecule has 0 spiro atoms. The number of rotatable bonds is 4. The second-order valence-electron chi connectivity index (χ2n) is 5.08. The third-order valence-corrected chi connectivity index (χ3v) is 6.29. The topological polar surface area (TPSA) is 94.9 Å². The molecule has 1 heterocycles. The summed E-state index contributed by atoms with van der Waals surface area (Å²) in [6.45, 7) is -0.414. The van der Waals surface area contributed by atoms with Crippen LogP contribution in [0.1, 0.15) is 12.8 Å². The van der Waals surface area contributed by atoms with Crippen molar-refractivity contribution in [3.8, 4) is 0 Å². The van der Waals surface area contributed by atoms with Crippen LogP contribution in [-0.4, -0.2) is 48.6 Å². The maximum Gasteiger partial charge on any atom is 0.312 e. The minimum Gasteiger partial charge on any atom is -0.481 e. The fraction of sp³-hybridized carbons (Fsp3) is 0.462. The first-order valence-corrected chi connectivity index (χ1v) is 8.24. The predicted octanol–water partition coefficient (Wildman–Crippen LogP) is 1.19. The van der Waals surface area contributed by atoms with Crippen LogP contribution in [0, 0.1) is 5.41 Å². The maximum atomic E-state index is 12.5. The Kier molecular flexibility index (Phi) is 4.57. The van der Waals surface area contributed by atoms with Crippen molar-refractivity contribution in [2.24, 2.45) is 5.41 Å². The molecule has 1 fully saturated rings. The summed E-state index contributed by atoms with van der Waals surface area (Å²) in [6, 6.07) is 6.13. The van der Waals surface area contributed by atoms with E-state index < -0.39 is 28.0 Å². The zero-order chi connectivity index (χ0) is 15.7. The monoisotopic (exact) mass is 333 g/mol. The van der Waals surface area contributed by atoms with Crippen LogP contribution >= 0.6 is 11.6 Å². The summed E-state index contributed by atoms with van der Waals surface area (Å²) in [6.07, 6.45) is 0.144. The van der Waals surface area contributed by atoms with Gasteiger partial charge < -0.3 is 10.2 Å². The minimum atomic E-state index is -3.75. The quantitative estimate of drug-likeness (QED) is 0.863. The summed E-state index contributed by atoms with van der Waals surface area (Å²) in [5.74, 6) is -1.10. The van der Waals surface area contributed by atoms with Gasteiger partial charge in [-0.1, -0.05) is 23.7 Å². The first-order chi connectivity index (χ1) is 9.83. The highest BCUT2D eigenvalue weighted by atomic mass is 35.5. The van der Waals surface area contributed by atoms with Crippen molar-refractivity contribution in [2.75, 3.05) is 19.7 Å². The van der Waals surface area contributed by atoms with Crippen LogP contribution in [0.4, 0.5) is 0 Å². The summed E-state index contributed by atoms with van der Waals surface area (Å²) >= 11 is 5.92. The van der Waals surface area contributed by atoms with E-state index in [0.717, 1.165) is 0 Å². The van der Waals surface area contributed by atoms with Crippen molar-refractivity contribution in [3.05, 3.63) is 29.3 Å². The third-order valence-electron chi connectivity index (χ3n) is 3.89. The van der Waals surface area contributed by atoms with E-state index in [1.807, 2.05) is 0 Å². The van der Waals surface area contributed by atoms with Gasteiger partial charge in [-0.2, -0.15) is 4.31 Å². The van der Waals surface area contributed by atoms with Crippen LogP contribution in [0.2, 0.25) is 5.02 Å². The number of hydrogen-bond acceptors (Lipinski definition) is 4. The van der Waals surface area contributed by atoms with E-state index in [-0.39, 0.29) is 35.8 Å². The lowest BCUT2D eigenvalue weighted by Gasteiger charge is -2.36. The Morgan fingerprint density at radius 1 is 1.29 bits per heavy atom. The summed E-state index contributed by atoms with van der Waals surface area (Å²) in [7, 11) is -3.75. The number of aliphatic hydroxyl groups excluding tert-OH is 1. The Morgan fingerprint density at radius 3 is 2.33 bits per heavy atom. The van der Waals surface area contributed by atoms with E-state index in [4.69, 9.17) is 11.6 Å². The summed E-state index contributed by atoms with van der Waals surface area (Å²) in [5, 5.41) is 18.6. The SMILES string of the molecule is O=C(O)C1(CO)CCN(S(=O)(=O)c2ccccc2Cl)CC1. The molecule has 1 aliphatic rings. The van der Waals surface area contributed by atoms with Gasteiger partial charge in [0, 0.05) is 13.1 Å². The van der Waals surface area contributed by atoms with Crippen molar-refractivity contribution < 1.29 is 23.4 Å². The molecule has 0 saturated carbocycles. The van der Waals surface area contributed by atoms with Gasteiger partial charge in [-0.05, 0) is 25.0 Å². The molecule has 0 unspecified atom stereocenters. The Labute approximate surface area is 128 Å². The molecule has 21 heavy (non-hydrogen) atoms. The van der Waals surface area contributed by atoms with Crippen LogP contribution in [0.15, 0.2) is 29.2 Å². The Balaban J connectivity index is 2.23. The summed E-state index contributed by atoms with van der Waals surface area (Å²) in [5.41, 5.74) is -1.26. The number of carboxylic acids is 1. The highest BCUT2D eigenvalue weighted by Crippen LogP contribution is 2.34. The molecule has 116 valence electrons. The lowest BCUT2D eigenvalue weighted by Crippen LogP contribution is -2.48. The van der Waals surface area contributed by atoms with Gasteiger partial charge in [0.1, 0.15) is 4.90 Å². The number of sulfonamides is 1. The lowest BCUT2D eigenvalue weighted by atomic mass is 9.80. The van der Waals surface area contributed by atoms with Crippen LogP contribution in [-0.2, 0) is 14.8 Å². The first-order valence-electron chi connectivity index (χ1n) is 6.42. The van der Waals surface area contributed by atoms with Crippen LogP contribution in [0.3, 0.4) is 0 Å². The molecule has 0 amide bonds. The molecule has 0 aliphatic carbocycles. The Morgan fingerprint density at radius 2 is 1.86 bits per heavy atom. The van der Waals surface area contributed by atoms with Crippen molar-refractivity contribution >= 4 is 27.6 Å². The van der Waals surface area contributed by atoms with Crippen molar-refractivity contribution in [1.29, 1.82) is 0 Å². The van der Waals surface area contributed by atoms with Gasteiger partial charge in [-0.15, -0.1) is 0 Å². The van der Waals surface area contributed by atoms with Gasteiger partial charge in [-0.3, -0.25) is 4.79 Å². The molecule has 0 bridgehead atoms. The van der Waals surface area contributed by atoms with Crippen molar-refractivity contribution in [3.63, 3.8) is 0 Å². The van der Waals surface area contributed by atoms with Crippen molar-refractivity contribution in [1.82, 2.24) is 4.31 Å². The molecule has 8 heteroatoms. The van der Waals surface area contributed by atoms with Gasteiger partial charge in [0.15, 0.2) is 0 Å². The fourth-order valence-electron chi connectivity index (χ4n) is 2.39. The molecule has 2 N–H and O–H groups in total. The zero-order valence-corrected chi connectivity index (χ0v) is 12.8. The molecule has 6 nitrogen and oxygen atoms in total. The lowest BCUT2D eigenvalue weighted by molar-refractivity contribution is -0.154. The van der Waals surface area contributed by atoms with Crippen LogP contribution in [0.5, 0.6) is 0 Å². The van der Waals surface area contributed by atoms with Gasteiger partial charge in [0.05, 0.1) is 17.0 Å². The number of halogens is 1. The number of benzene rings is 1. The van der Waals surface area contributed by atoms with Gasteiger partial charge in [0.25, 0.3) is 0 Å². The molecule has 1 saturated heterocycles. The average molecular weight is 334 g/mol. The van der Waals surface area contributed by atoms with E-state index >= 15 is 0 Å². The van der Waals surface area contributed by atoms with E-state index in [9.17, 15) is 23.4 Å². The number of hydrogen-bond donors (Lipinski definition) is 2. The second kappa shape index (κ2) is 5.92. The molecule has 1 aromatic carbocycles. The fourth-order valence-corrected chi connectivity index (χ4v) is 4.32. The average Bonchev–Trinajstić information content (AvgIpc) is 2.47. The third kappa shape index (κ3) is 2.91. The predicted molar refractivity (Wildman–Crippen MR) is 76.6 cm³/mol. The zero-order valence-electron chi connectivity index (χ0n) is 11.2. The summed E-state index contributed by atoms with van der Waals surface area (Å²) in [4.78, 5) is 11.3. The second-order valence-corrected chi connectivity index (χ2v) is 7.39. The molecule has 1 aliphatic heterocycles. The number of aliphatic carboxylic acids is 1. The van der Waals surface area contributed by atoms with Gasteiger partial charge >= 0.3 is 5.97 Å². The minimum absolute atomic E-state index is 0.0125. The largest absolute Gasteiger partial charge is 0.481 e. The highest BCUT2D eigenvalue weighted by Gasteiger charge is 2.43. The van der Waals surface area contributed by atoms with Crippen molar-refractivity contribution in [2.45, 2.75) is 17.7 Å². The van der Waals surface area contributed by atoms with Crippen LogP contribution in [0.25, 0.3) is 0 Å². The Hall–Kier alpha value is -1.15. The maximum absolute atomic E-state index is 12.5. The van der Waals surface area contributed by atoms with Crippen LogP contribution < -0.4 is 0 Å². The molecule has 1 aromatic rings. The van der Waals surface area contributed by atoms with Gasteiger partial charge in [0.2, 0.25) is 10.0 Å². The highest BCUT2D eigenvalue weighted by molar-refractivity contribution is 7.89. The number of carboxylic acid groups (broad SMARTS) is 1. The molecule has 0 aromatic heterocycles. The molecule has 0 atom stereocenters. The number of nitrogens with zero attached hydrogens (tertiary/aromatic N) is 1. The first kappa shape index (κ1) is 16.2. The number of aliphatic hydroxyl groups is 1. The van der Waals surface area contributed by atoms with E-state index in [2.05, 4.69) is 0 Å². The van der Waals surface area contributed by atoms with E-state index in [0.29, 0.717) is 0 Å².